The Bertz CT molecular complexity index is 582. The molecule has 1 aliphatic heterocycles. The first kappa shape index (κ1) is 23.3. The molecule has 0 aromatic carbocycles. The molecule has 0 saturated carbocycles. The van der Waals surface area contributed by atoms with Gasteiger partial charge in [-0.05, 0) is 38.9 Å². The van der Waals surface area contributed by atoms with Crippen LogP contribution in [0, 0.1) is 0 Å². The number of nitrogens with zero attached hydrogens (tertiary/aromatic N) is 1. The number of rotatable bonds is 6. The van der Waals surface area contributed by atoms with E-state index in [1.54, 1.807) is 0 Å². The summed E-state index contributed by atoms with van der Waals surface area (Å²) in [4.78, 5) is 2.57. The number of piperidine rings is 1. The van der Waals surface area contributed by atoms with E-state index in [1.807, 2.05) is 0 Å². The molecule has 0 aromatic rings. The van der Waals surface area contributed by atoms with Crippen molar-refractivity contribution in [2.75, 3.05) is 19.6 Å². The largest absolute Gasteiger partial charge is 0.410 e. The fraction of sp³-hybridized carbons (Fsp3) is 0.833. The van der Waals surface area contributed by atoms with Gasteiger partial charge in [0.25, 0.3) is 0 Å². The molecular formula is C12H22F4N2O4S2. The molecule has 1 atom stereocenters. The molecule has 12 heteroatoms. The Hall–Kier alpha value is -0.720. The minimum atomic E-state index is -5.78. The van der Waals surface area contributed by atoms with Crippen LogP contribution in [0.3, 0.4) is 0 Å². The number of alkyl halides is 3. The van der Waals surface area contributed by atoms with Crippen molar-refractivity contribution in [3.05, 3.63) is 12.7 Å². The topological polar surface area (TPSA) is 83.5 Å². The van der Waals surface area contributed by atoms with Gasteiger partial charge in [0.2, 0.25) is 10.0 Å². The van der Waals surface area contributed by atoms with Gasteiger partial charge in [-0.1, -0.05) is 27.4 Å². The third-order valence-corrected chi connectivity index (χ3v) is 5.93. The number of sulfonamides is 1. The van der Waals surface area contributed by atoms with Gasteiger partial charge in [0.15, 0.2) is 5.25 Å². The fourth-order valence-electron chi connectivity index (χ4n) is 2.13. The van der Waals surface area contributed by atoms with E-state index in [-0.39, 0.29) is 10.2 Å². The van der Waals surface area contributed by atoms with Crippen molar-refractivity contribution in [3.8, 4) is 0 Å². The van der Waals surface area contributed by atoms with Gasteiger partial charge in [0.05, 0.1) is 0 Å². The maximum atomic E-state index is 12.0. The van der Waals surface area contributed by atoms with E-state index >= 15 is 0 Å². The van der Waals surface area contributed by atoms with Crippen LogP contribution >= 0.6 is 0 Å². The van der Waals surface area contributed by atoms with Gasteiger partial charge in [0.1, 0.15) is 0 Å². The number of hydrogen-bond acceptors (Lipinski definition) is 5. The highest BCUT2D eigenvalue weighted by Crippen LogP contribution is 2.26. The first-order chi connectivity index (χ1) is 10.8. The lowest BCUT2D eigenvalue weighted by Gasteiger charge is -2.25. The molecule has 0 spiro atoms. The van der Waals surface area contributed by atoms with E-state index < -0.39 is 31.9 Å². The summed E-state index contributed by atoms with van der Waals surface area (Å²) in [6.45, 7) is 8.86. The van der Waals surface area contributed by atoms with Gasteiger partial charge < -0.3 is 4.90 Å². The SMILES string of the molecule is C=CC(C(F)(F)F)S(=O)(=O)NS(=O)(=O)F.CCCN1CCCCC1. The molecule has 1 heterocycles. The van der Waals surface area contributed by atoms with Gasteiger partial charge >= 0.3 is 16.6 Å². The lowest BCUT2D eigenvalue weighted by Crippen LogP contribution is -2.43. The molecule has 144 valence electrons. The predicted octanol–water partition coefficient (Wildman–Crippen LogP) is 2.12. The minimum absolute atomic E-state index is 0.0620. The molecule has 1 N–H and O–H groups in total. The molecule has 1 fully saturated rings. The van der Waals surface area contributed by atoms with Crippen LogP contribution in [0.5, 0.6) is 0 Å². The summed E-state index contributed by atoms with van der Waals surface area (Å²) < 4.78 is 89.1. The molecule has 0 amide bonds. The maximum Gasteiger partial charge on any atom is 0.410 e. The van der Waals surface area contributed by atoms with Crippen LogP contribution < -0.4 is 4.13 Å². The Kier molecular flexibility index (Phi) is 9.39. The van der Waals surface area contributed by atoms with Crippen molar-refractivity contribution in [1.29, 1.82) is 0 Å². The standard InChI is InChI=1S/C8H17N.C4H5F4NO4S2/c1-2-6-9-7-4-3-5-8-9;1-2-3(4(5,6)7)14(10,11)9-15(8,12)13/h2-8H2,1H3;2-3,9H,1H2. The molecule has 6 nitrogen and oxygen atoms in total. The molecule has 24 heavy (non-hydrogen) atoms. The van der Waals surface area contributed by atoms with Crippen molar-refractivity contribution in [2.24, 2.45) is 0 Å². The molecular weight excluding hydrogens is 376 g/mol. The first-order valence-corrected chi connectivity index (χ1v) is 10.1. The van der Waals surface area contributed by atoms with Crippen molar-refractivity contribution >= 4 is 20.4 Å². The second kappa shape index (κ2) is 9.68. The lowest BCUT2D eigenvalue weighted by atomic mass is 10.1. The van der Waals surface area contributed by atoms with Crippen LogP contribution in [-0.2, 0) is 20.4 Å². The number of likely N-dealkylation sites (tertiary alicyclic amines) is 1. The summed E-state index contributed by atoms with van der Waals surface area (Å²) >= 11 is 0. The highest BCUT2D eigenvalue weighted by molar-refractivity contribution is 8.03. The molecule has 1 unspecified atom stereocenters. The Morgan fingerprint density at radius 2 is 1.67 bits per heavy atom. The van der Waals surface area contributed by atoms with Gasteiger partial charge in [-0.2, -0.15) is 21.6 Å². The zero-order valence-corrected chi connectivity index (χ0v) is 14.9. The minimum Gasteiger partial charge on any atom is -0.303 e. The quantitative estimate of drug-likeness (QED) is 0.421. The van der Waals surface area contributed by atoms with Gasteiger partial charge in [-0.3, -0.25) is 0 Å². The van der Waals surface area contributed by atoms with Crippen molar-refractivity contribution < 1.29 is 33.9 Å². The van der Waals surface area contributed by atoms with E-state index in [4.69, 9.17) is 0 Å². The van der Waals surface area contributed by atoms with Gasteiger partial charge in [0, 0.05) is 0 Å². The Morgan fingerprint density at radius 3 is 2.00 bits per heavy atom. The summed E-state index contributed by atoms with van der Waals surface area (Å²) in [5.41, 5.74) is 0. The van der Waals surface area contributed by atoms with E-state index in [9.17, 15) is 33.9 Å². The van der Waals surface area contributed by atoms with Crippen molar-refractivity contribution in [2.45, 2.75) is 44.0 Å². The monoisotopic (exact) mass is 398 g/mol. The Morgan fingerprint density at radius 1 is 1.17 bits per heavy atom. The van der Waals surface area contributed by atoms with Crippen molar-refractivity contribution in [3.63, 3.8) is 0 Å². The van der Waals surface area contributed by atoms with Gasteiger partial charge in [-0.15, -0.1) is 6.58 Å². The molecule has 0 aromatic heterocycles. The molecule has 0 aliphatic carbocycles. The van der Waals surface area contributed by atoms with Crippen LogP contribution in [0.1, 0.15) is 32.6 Å². The van der Waals surface area contributed by atoms with Crippen LogP contribution in [0.25, 0.3) is 0 Å². The predicted molar refractivity (Wildman–Crippen MR) is 82.7 cm³/mol. The third kappa shape index (κ3) is 9.55. The summed E-state index contributed by atoms with van der Waals surface area (Å²) in [6.07, 6.45) is 0.298. The number of nitrogens with one attached hydrogen (secondary N) is 1. The second-order valence-electron chi connectivity index (χ2n) is 5.17. The average Bonchev–Trinajstić information content (AvgIpc) is 2.36. The molecule has 1 rings (SSSR count). The summed E-state index contributed by atoms with van der Waals surface area (Å²) in [5, 5.41) is -3.20. The zero-order chi connectivity index (χ0) is 19.0. The zero-order valence-electron chi connectivity index (χ0n) is 13.2. The van der Waals surface area contributed by atoms with Crippen molar-refractivity contribution in [1.82, 2.24) is 9.03 Å². The smallest absolute Gasteiger partial charge is 0.303 e. The molecule has 0 bridgehead atoms. The lowest BCUT2D eigenvalue weighted by molar-refractivity contribution is -0.121. The highest BCUT2D eigenvalue weighted by atomic mass is 32.3. The van der Waals surface area contributed by atoms with Crippen LogP contribution in [0.15, 0.2) is 12.7 Å². The van der Waals surface area contributed by atoms with Crippen LogP contribution in [0.2, 0.25) is 0 Å². The Labute approximate surface area is 140 Å². The van der Waals surface area contributed by atoms with Crippen LogP contribution in [-0.4, -0.2) is 52.8 Å². The fourth-order valence-corrected chi connectivity index (χ4v) is 4.26. The number of hydrogen-bond donors (Lipinski definition) is 1. The normalized spacial score (nSPS) is 18.4. The molecule has 1 saturated heterocycles. The van der Waals surface area contributed by atoms with Crippen LogP contribution in [0.4, 0.5) is 17.1 Å². The number of halogens is 4. The molecule has 1 aliphatic rings. The summed E-state index contributed by atoms with van der Waals surface area (Å²) in [7, 11) is -11.2. The average molecular weight is 398 g/mol. The maximum absolute atomic E-state index is 12.0. The highest BCUT2D eigenvalue weighted by Gasteiger charge is 2.48. The first-order valence-electron chi connectivity index (χ1n) is 7.22. The third-order valence-electron chi connectivity index (χ3n) is 3.08. The second-order valence-corrected chi connectivity index (χ2v) is 8.31. The van der Waals surface area contributed by atoms with Gasteiger partial charge in [-0.25, -0.2) is 8.42 Å². The van der Waals surface area contributed by atoms with E-state index in [0.29, 0.717) is 0 Å². The summed E-state index contributed by atoms with van der Waals surface area (Å²) in [5.74, 6) is 0. The van der Waals surface area contributed by atoms with E-state index in [1.165, 1.54) is 45.3 Å². The van der Waals surface area contributed by atoms with E-state index in [0.717, 1.165) is 0 Å². The van der Waals surface area contributed by atoms with E-state index in [2.05, 4.69) is 18.4 Å². The summed E-state index contributed by atoms with van der Waals surface area (Å²) in [6, 6.07) is 0. The Balaban J connectivity index is 0.000000496. The molecule has 0 radical (unpaired) electrons.